The first-order valence-corrected chi connectivity index (χ1v) is 21.9. The summed E-state index contributed by atoms with van der Waals surface area (Å²) in [6, 6.07) is 0. The zero-order chi connectivity index (χ0) is 44.6. The number of esters is 2. The van der Waals surface area contributed by atoms with Crippen molar-refractivity contribution in [3.05, 3.63) is 48.6 Å². The van der Waals surface area contributed by atoms with Crippen molar-refractivity contribution in [2.24, 2.45) is 23.7 Å². The van der Waals surface area contributed by atoms with Crippen molar-refractivity contribution < 1.29 is 68.8 Å². The molecule has 0 amide bonds. The lowest BCUT2D eigenvalue weighted by atomic mass is 9.82. The minimum atomic E-state index is -2.26. The number of aliphatic hydroxyl groups is 6. The van der Waals surface area contributed by atoms with E-state index in [9.17, 15) is 49.8 Å². The number of ketones is 2. The van der Waals surface area contributed by atoms with Gasteiger partial charge in [-0.15, -0.1) is 0 Å². The highest BCUT2D eigenvalue weighted by Crippen LogP contribution is 2.39. The van der Waals surface area contributed by atoms with Crippen LogP contribution >= 0.6 is 0 Å². The Kier molecular flexibility index (Phi) is 21.0. The van der Waals surface area contributed by atoms with E-state index in [1.165, 1.54) is 0 Å². The van der Waals surface area contributed by atoms with E-state index in [2.05, 4.69) is 0 Å². The summed E-state index contributed by atoms with van der Waals surface area (Å²) in [5, 5.41) is 66.0. The molecule has 0 radical (unpaired) electrons. The highest BCUT2D eigenvalue weighted by Gasteiger charge is 2.53. The summed E-state index contributed by atoms with van der Waals surface area (Å²) >= 11 is 0. The number of cyclic esters (lactones) is 2. The third kappa shape index (κ3) is 15.1. The maximum absolute atomic E-state index is 13.1. The minimum Gasteiger partial charge on any atom is -0.461 e. The van der Waals surface area contributed by atoms with E-state index in [0.29, 0.717) is 77.0 Å². The summed E-state index contributed by atoms with van der Waals surface area (Å²) in [6.07, 6.45) is 11.1. The summed E-state index contributed by atoms with van der Waals surface area (Å²) in [4.78, 5) is 52.2. The van der Waals surface area contributed by atoms with Gasteiger partial charge in [-0.1, -0.05) is 76.3 Å². The highest BCUT2D eigenvalue weighted by atomic mass is 16.7. The zero-order valence-electron chi connectivity index (χ0n) is 36.4. The van der Waals surface area contributed by atoms with Crippen LogP contribution in [0.2, 0.25) is 0 Å². The van der Waals surface area contributed by atoms with Gasteiger partial charge in [-0.2, -0.15) is 0 Å². The molecule has 3 heterocycles. The van der Waals surface area contributed by atoms with Gasteiger partial charge in [-0.3, -0.25) is 9.59 Å². The van der Waals surface area contributed by atoms with Gasteiger partial charge in [0.05, 0.1) is 36.6 Å². The fourth-order valence-corrected chi connectivity index (χ4v) is 7.82. The van der Waals surface area contributed by atoms with Crippen LogP contribution in [0.4, 0.5) is 0 Å². The van der Waals surface area contributed by atoms with Crippen LogP contribution in [0.5, 0.6) is 0 Å². The van der Waals surface area contributed by atoms with Crippen molar-refractivity contribution in [3.8, 4) is 0 Å². The number of allylic oxidation sites excluding steroid dienone is 8. The summed E-state index contributed by atoms with van der Waals surface area (Å²) < 4.78 is 22.7. The van der Waals surface area contributed by atoms with Gasteiger partial charge >= 0.3 is 11.9 Å². The molecule has 0 aliphatic carbocycles. The number of hydrogen-bond acceptors (Lipinski definition) is 14. The second-order valence-corrected chi connectivity index (χ2v) is 17.3. The van der Waals surface area contributed by atoms with Gasteiger partial charge in [0.25, 0.3) is 0 Å². The number of rotatable bonds is 0. The van der Waals surface area contributed by atoms with E-state index < -0.39 is 96.0 Å². The largest absolute Gasteiger partial charge is 0.461 e. The van der Waals surface area contributed by atoms with Crippen LogP contribution in [0.1, 0.15) is 131 Å². The van der Waals surface area contributed by atoms with E-state index in [4.69, 9.17) is 18.9 Å². The predicted octanol–water partition coefficient (Wildman–Crippen LogP) is 4.85. The smallest absolute Gasteiger partial charge is 0.340 e. The molecule has 14 atom stereocenters. The Labute approximate surface area is 355 Å². The van der Waals surface area contributed by atoms with Crippen molar-refractivity contribution >= 4 is 23.5 Å². The van der Waals surface area contributed by atoms with Gasteiger partial charge in [0, 0.05) is 36.5 Å². The van der Waals surface area contributed by atoms with Gasteiger partial charge in [0.1, 0.15) is 11.6 Å². The zero-order valence-corrected chi connectivity index (χ0v) is 36.4. The van der Waals surface area contributed by atoms with Gasteiger partial charge in [0.15, 0.2) is 0 Å². The molecule has 0 aromatic rings. The molecule has 3 rings (SSSR count). The lowest BCUT2D eigenvalue weighted by Crippen LogP contribution is -2.59. The predicted molar refractivity (Wildman–Crippen MR) is 223 cm³/mol. The fourth-order valence-electron chi connectivity index (χ4n) is 7.82. The average Bonchev–Trinajstić information content (AvgIpc) is 3.20. The van der Waals surface area contributed by atoms with E-state index in [1.54, 1.807) is 53.7 Å². The van der Waals surface area contributed by atoms with Crippen LogP contribution in [-0.2, 0) is 38.1 Å². The van der Waals surface area contributed by atoms with E-state index in [0.717, 1.165) is 0 Å². The SMILES string of the molecule is C[C@@H]1C(=O)C[C@@H](O)CC/C=C\C=C/CC[C@H](C)OC(=O)C(O)[C@]2(O)O[C@@H](CC[C@H]2C)[C@H](C)C(=O)C[C@@H](O)CC/C=C\C=C/CC[C@H](C)OC(=O)C(O)[C@]2(O)O[C@H]1CC[C@H]2C. The molecule has 0 aromatic carbocycles. The summed E-state index contributed by atoms with van der Waals surface area (Å²) in [6.45, 7) is 9.96. The van der Waals surface area contributed by atoms with Crippen LogP contribution in [0.3, 0.4) is 0 Å². The molecule has 14 heteroatoms. The highest BCUT2D eigenvalue weighted by molar-refractivity contribution is 5.82. The summed E-state index contributed by atoms with van der Waals surface area (Å²) in [5.41, 5.74) is 0. The normalized spacial score (nSPS) is 42.3. The van der Waals surface area contributed by atoms with Crippen molar-refractivity contribution in [1.82, 2.24) is 0 Å². The molecule has 4 bridgehead atoms. The van der Waals surface area contributed by atoms with Gasteiger partial charge < -0.3 is 49.6 Å². The Balaban J connectivity index is 1.67. The number of ether oxygens (including phenoxy) is 4. The molecule has 6 N–H and O–H groups in total. The van der Waals surface area contributed by atoms with Gasteiger partial charge in [0.2, 0.25) is 23.8 Å². The first-order chi connectivity index (χ1) is 28.3. The molecular formula is C46H72O14. The second-order valence-electron chi connectivity index (χ2n) is 17.3. The Morgan fingerprint density at radius 3 is 1.13 bits per heavy atom. The molecule has 0 aromatic heterocycles. The number of Topliss-reactive ketones (excluding diaryl/α,β-unsaturated/α-hetero) is 2. The standard InChI is InChI=1S/C46H72O14/c1-29-23-25-39-33(5)37(49)27-35(47)21-17-13-10-8-12-16-20-32(4)58-44(54)42(52)46(56)30(2)24-26-40(60-46)34(6)38(50)28-36(48)22-18-14-9-7-11-15-19-31(3)57-43(53)41(51)45(29,55)59-39/h7-14,29-36,39-42,47-48,51-52,55-56H,15-28H2,1-6H3/b11-7-,12-8-,13-10-,14-9-/t29-,30-,31+,32+,33-,34-,35+,36+,39+,40+,41?,42?,45-,46-/m1/s1. The molecule has 2 fully saturated rings. The van der Waals surface area contributed by atoms with Crippen LogP contribution in [-0.4, -0.2) is 115 Å². The topological polar surface area (TPSA) is 227 Å². The van der Waals surface area contributed by atoms with Gasteiger partial charge in [-0.25, -0.2) is 9.59 Å². The molecule has 340 valence electrons. The fraction of sp³-hybridized carbons (Fsp3) is 0.739. The van der Waals surface area contributed by atoms with Crippen LogP contribution < -0.4 is 0 Å². The summed E-state index contributed by atoms with van der Waals surface area (Å²) in [7, 11) is 0. The third-order valence-corrected chi connectivity index (χ3v) is 12.3. The molecule has 0 spiro atoms. The summed E-state index contributed by atoms with van der Waals surface area (Å²) in [5.74, 6) is -9.77. The average molecular weight is 849 g/mol. The quantitative estimate of drug-likeness (QED) is 0.179. The van der Waals surface area contributed by atoms with Crippen molar-refractivity contribution in [2.45, 2.75) is 192 Å². The number of hydrogen-bond donors (Lipinski definition) is 6. The second kappa shape index (κ2) is 24.5. The molecule has 2 saturated heterocycles. The Morgan fingerprint density at radius 1 is 0.483 bits per heavy atom. The van der Waals surface area contributed by atoms with Crippen LogP contribution in [0.25, 0.3) is 0 Å². The third-order valence-electron chi connectivity index (χ3n) is 12.3. The van der Waals surface area contributed by atoms with Crippen LogP contribution in [0, 0.1) is 23.7 Å². The molecular weight excluding hydrogens is 776 g/mol. The van der Waals surface area contributed by atoms with Gasteiger partial charge in [-0.05, 0) is 90.9 Å². The Hall–Kier alpha value is -3.08. The number of carbonyl (C=O) groups is 4. The lowest BCUT2D eigenvalue weighted by molar-refractivity contribution is -0.322. The van der Waals surface area contributed by atoms with Crippen molar-refractivity contribution in [3.63, 3.8) is 0 Å². The van der Waals surface area contributed by atoms with E-state index in [1.807, 2.05) is 36.5 Å². The van der Waals surface area contributed by atoms with Crippen molar-refractivity contribution in [1.29, 1.82) is 0 Å². The molecule has 0 saturated carbocycles. The minimum absolute atomic E-state index is 0.124. The number of carbonyl (C=O) groups excluding carboxylic acids is 4. The molecule has 60 heavy (non-hydrogen) atoms. The molecule has 3 aliphatic rings. The first-order valence-electron chi connectivity index (χ1n) is 21.9. The van der Waals surface area contributed by atoms with Crippen molar-refractivity contribution in [2.75, 3.05) is 0 Å². The first kappa shape index (κ1) is 51.3. The number of aliphatic hydroxyl groups excluding tert-OH is 4. The van der Waals surface area contributed by atoms with E-state index >= 15 is 0 Å². The monoisotopic (exact) mass is 848 g/mol. The maximum atomic E-state index is 13.1. The molecule has 14 nitrogen and oxygen atoms in total. The number of fused-ring (bicyclic) bond motifs is 4. The molecule has 3 aliphatic heterocycles. The molecule has 2 unspecified atom stereocenters. The lowest BCUT2D eigenvalue weighted by Gasteiger charge is -2.45. The van der Waals surface area contributed by atoms with Crippen LogP contribution in [0.15, 0.2) is 48.6 Å². The maximum Gasteiger partial charge on any atom is 0.340 e. The Morgan fingerprint density at radius 2 is 0.800 bits per heavy atom. The Bertz CT molecular complexity index is 1400. The van der Waals surface area contributed by atoms with E-state index in [-0.39, 0.29) is 24.4 Å².